The Labute approximate surface area is 285 Å². The number of benzene rings is 2. The van der Waals surface area contributed by atoms with Crippen molar-refractivity contribution in [3.8, 4) is 33.8 Å². The van der Waals surface area contributed by atoms with Crippen molar-refractivity contribution >= 4 is 46.4 Å². The summed E-state index contributed by atoms with van der Waals surface area (Å²) >= 11 is 0. The minimum absolute atomic E-state index is 0. The van der Waals surface area contributed by atoms with Crippen molar-refractivity contribution in [2.75, 3.05) is 26.4 Å². The number of aromatic nitrogens is 4. The molecule has 8 nitrogen and oxygen atoms in total. The Morgan fingerprint density at radius 2 is 0.979 bits per heavy atom. The van der Waals surface area contributed by atoms with Gasteiger partial charge in [-0.15, -0.1) is 22.1 Å². The molecule has 9 heteroatoms. The molecule has 47 heavy (non-hydrogen) atoms. The summed E-state index contributed by atoms with van der Waals surface area (Å²) < 4.78 is 11.5. The van der Waals surface area contributed by atoms with E-state index in [0.717, 1.165) is 78.6 Å². The van der Waals surface area contributed by atoms with Crippen molar-refractivity contribution in [2.45, 2.75) is 12.8 Å². The standard InChI is InChI=1S/C38H32N4O4.Zn/c43-19-1-21-45-31-11-3-25(4-12-31)37-33-15-7-27(39-33)23-29-9-17-35(41-29)38(26-5-13-32(14-6-26)46-22-2-20-44)36-18-10-30(42-36)24-28-8-16-34(37)40-28;/h3-18,23-24,43-44H,1-2,19-22H2;/q-2;+2. The molecule has 230 valence electrons. The summed E-state index contributed by atoms with van der Waals surface area (Å²) in [5.74, 6) is 1.49. The van der Waals surface area contributed by atoms with Crippen molar-refractivity contribution in [1.29, 1.82) is 0 Å². The number of aliphatic hydroxyl groups is 2. The van der Waals surface area contributed by atoms with Crippen molar-refractivity contribution in [3.05, 3.63) is 108 Å². The molecule has 3 aromatic heterocycles. The van der Waals surface area contributed by atoms with E-state index in [-0.39, 0.29) is 32.7 Å². The molecule has 2 aliphatic rings. The first kappa shape index (κ1) is 32.1. The van der Waals surface area contributed by atoms with Crippen LogP contribution >= 0.6 is 0 Å². The van der Waals surface area contributed by atoms with Gasteiger partial charge in [-0.05, 0) is 65.3 Å². The number of nitrogens with zero attached hydrogens (tertiary/aromatic N) is 4. The van der Waals surface area contributed by atoms with E-state index in [2.05, 4.69) is 0 Å². The molecule has 0 saturated carbocycles. The fourth-order valence-electron chi connectivity index (χ4n) is 5.49. The third-order valence-electron chi connectivity index (χ3n) is 7.69. The molecule has 0 amide bonds. The first-order chi connectivity index (χ1) is 22.7. The van der Waals surface area contributed by atoms with Gasteiger partial charge in [-0.3, -0.25) is 0 Å². The predicted octanol–water partition coefficient (Wildman–Crippen LogP) is 6.77. The van der Waals surface area contributed by atoms with Gasteiger partial charge in [-0.2, -0.15) is 0 Å². The Balaban J connectivity index is 0.00000386. The molecule has 0 fully saturated rings. The largest absolute Gasteiger partial charge is 2.00 e. The summed E-state index contributed by atoms with van der Waals surface area (Å²) in [7, 11) is 0. The van der Waals surface area contributed by atoms with Crippen LogP contribution in [0.25, 0.3) is 68.6 Å². The zero-order valence-electron chi connectivity index (χ0n) is 25.8. The molecule has 0 aliphatic carbocycles. The SMILES string of the molecule is OCCCOc1ccc(-c2c3nc(cc4ccc([n-]4)c(-c4ccc(OCCCO)cc4)c4ccc(cc5nc2C=C5)[n-]4)C=C3)cc1.[Zn+2]. The second-order valence-corrected chi connectivity index (χ2v) is 11.0. The minimum atomic E-state index is 0. The van der Waals surface area contributed by atoms with Gasteiger partial charge < -0.3 is 29.7 Å². The zero-order valence-corrected chi connectivity index (χ0v) is 28.8. The van der Waals surface area contributed by atoms with Gasteiger partial charge in [0.1, 0.15) is 11.5 Å². The summed E-state index contributed by atoms with van der Waals surface area (Å²) in [6, 6.07) is 27.8. The maximum atomic E-state index is 9.07. The fraction of sp³-hybridized carbons (Fsp3) is 0.158. The number of fused-ring (bicyclic) bond motifs is 8. The fourth-order valence-corrected chi connectivity index (χ4v) is 5.49. The molecule has 5 heterocycles. The van der Waals surface area contributed by atoms with E-state index in [9.17, 15) is 0 Å². The second-order valence-electron chi connectivity index (χ2n) is 11.0. The van der Waals surface area contributed by atoms with Crippen LogP contribution in [0.3, 0.4) is 0 Å². The average molecular weight is 674 g/mol. The van der Waals surface area contributed by atoms with Gasteiger partial charge in [0.2, 0.25) is 0 Å². The maximum absolute atomic E-state index is 9.07. The quantitative estimate of drug-likeness (QED) is 0.121. The van der Waals surface area contributed by atoms with Crippen molar-refractivity contribution in [3.63, 3.8) is 0 Å². The number of aliphatic hydroxyl groups excluding tert-OH is 2. The molecule has 0 unspecified atom stereocenters. The van der Waals surface area contributed by atoms with Gasteiger partial charge in [-0.1, -0.05) is 60.7 Å². The van der Waals surface area contributed by atoms with E-state index >= 15 is 0 Å². The third-order valence-corrected chi connectivity index (χ3v) is 7.69. The number of hydrogen-bond donors (Lipinski definition) is 2. The first-order valence-electron chi connectivity index (χ1n) is 15.3. The van der Waals surface area contributed by atoms with E-state index in [1.165, 1.54) is 0 Å². The van der Waals surface area contributed by atoms with Crippen molar-refractivity contribution in [1.82, 2.24) is 19.9 Å². The Bertz CT molecular complexity index is 1990. The number of ether oxygens (including phenoxy) is 2. The van der Waals surface area contributed by atoms with Crippen LogP contribution in [0.4, 0.5) is 0 Å². The van der Waals surface area contributed by atoms with Crippen LogP contribution in [-0.2, 0) is 19.5 Å². The van der Waals surface area contributed by atoms with E-state index in [4.69, 9.17) is 39.6 Å². The summed E-state index contributed by atoms with van der Waals surface area (Å²) in [5.41, 5.74) is 10.2. The summed E-state index contributed by atoms with van der Waals surface area (Å²) in [4.78, 5) is 19.9. The van der Waals surface area contributed by atoms with E-state index in [0.29, 0.717) is 26.1 Å². The molecule has 2 aliphatic heterocycles. The Morgan fingerprint density at radius 1 is 0.532 bits per heavy atom. The van der Waals surface area contributed by atoms with Crippen LogP contribution in [0.5, 0.6) is 11.5 Å². The smallest absolute Gasteiger partial charge is 0.657 e. The van der Waals surface area contributed by atoms with Crippen molar-refractivity contribution < 1.29 is 39.2 Å². The Morgan fingerprint density at radius 3 is 1.43 bits per heavy atom. The van der Waals surface area contributed by atoms with Crippen LogP contribution in [0.1, 0.15) is 35.6 Å². The second kappa shape index (κ2) is 14.7. The van der Waals surface area contributed by atoms with Crippen LogP contribution < -0.4 is 19.4 Å². The molecular weight excluding hydrogens is 642 g/mol. The number of rotatable bonds is 10. The van der Waals surface area contributed by atoms with E-state index < -0.39 is 0 Å². The molecule has 2 N–H and O–H groups in total. The van der Waals surface area contributed by atoms with E-state index in [1.54, 1.807) is 0 Å². The normalized spacial score (nSPS) is 11.8. The maximum Gasteiger partial charge on any atom is 2.00 e. The third kappa shape index (κ3) is 7.28. The van der Waals surface area contributed by atoms with Crippen molar-refractivity contribution in [2.24, 2.45) is 0 Å². The van der Waals surface area contributed by atoms with Crippen LogP contribution in [0.2, 0.25) is 0 Å². The molecule has 0 spiro atoms. The molecule has 5 aromatic rings. The van der Waals surface area contributed by atoms with Gasteiger partial charge in [0, 0.05) is 31.6 Å². The van der Waals surface area contributed by atoms with Crippen LogP contribution in [0, 0.1) is 0 Å². The predicted molar refractivity (Wildman–Crippen MR) is 182 cm³/mol. The molecule has 0 radical (unpaired) electrons. The first-order valence-corrected chi connectivity index (χ1v) is 15.3. The minimum Gasteiger partial charge on any atom is -0.657 e. The topological polar surface area (TPSA) is 113 Å². The Kier molecular flexibility index (Phi) is 10.1. The van der Waals surface area contributed by atoms with Crippen LogP contribution in [0.15, 0.2) is 84.9 Å². The molecule has 2 aromatic carbocycles. The van der Waals surface area contributed by atoms with Gasteiger partial charge in [0.25, 0.3) is 0 Å². The Hall–Kier alpha value is -4.82. The zero-order chi connectivity index (χ0) is 31.3. The average Bonchev–Trinajstić information content (AvgIpc) is 3.90. The van der Waals surface area contributed by atoms with Gasteiger partial charge in [0.15, 0.2) is 0 Å². The van der Waals surface area contributed by atoms with Gasteiger partial charge >= 0.3 is 19.5 Å². The monoisotopic (exact) mass is 672 g/mol. The molecule has 0 atom stereocenters. The van der Waals surface area contributed by atoms with Gasteiger partial charge in [-0.25, -0.2) is 9.97 Å². The number of hydrogen-bond acceptors (Lipinski definition) is 6. The molecule has 7 rings (SSSR count). The summed E-state index contributed by atoms with van der Waals surface area (Å²) in [5, 5.41) is 18.1. The molecular formula is C38H32N4O4Zn. The van der Waals surface area contributed by atoms with Crippen LogP contribution in [-0.4, -0.2) is 46.6 Å². The van der Waals surface area contributed by atoms with Gasteiger partial charge in [0.05, 0.1) is 36.0 Å². The molecule has 8 bridgehead atoms. The van der Waals surface area contributed by atoms with E-state index in [1.807, 2.05) is 109 Å². The summed E-state index contributed by atoms with van der Waals surface area (Å²) in [6.45, 7) is 1.11. The molecule has 0 saturated heterocycles. The summed E-state index contributed by atoms with van der Waals surface area (Å²) in [6.07, 6.45) is 9.18.